The number of hydrogen-bond donors (Lipinski definition) is 1. The van der Waals surface area contributed by atoms with Crippen molar-refractivity contribution in [1.29, 1.82) is 5.26 Å². The molecule has 35 heavy (non-hydrogen) atoms. The van der Waals surface area contributed by atoms with E-state index in [1.807, 2.05) is 54.1 Å². The Morgan fingerprint density at radius 3 is 2.63 bits per heavy atom. The van der Waals surface area contributed by atoms with Gasteiger partial charge < -0.3 is 14.6 Å². The lowest BCUT2D eigenvalue weighted by Crippen LogP contribution is -2.13. The van der Waals surface area contributed by atoms with Crippen LogP contribution in [0.15, 0.2) is 84.6 Å². The monoisotopic (exact) mass is 466 g/mol. The molecule has 0 radical (unpaired) electrons. The lowest BCUT2D eigenvalue weighted by molar-refractivity contribution is -0.384. The molecular weight excluding hydrogens is 444 g/mol. The SMILES string of the molecule is CCOc1ccc(NC(=O)/C(C#N)=C\c2cn(Cc3cccc([N+](=O)[O-])c3)c3ccccc23)cc1. The van der Waals surface area contributed by atoms with Crippen molar-refractivity contribution in [2.24, 2.45) is 0 Å². The summed E-state index contributed by atoms with van der Waals surface area (Å²) in [5, 5.41) is 24.4. The number of aromatic nitrogens is 1. The molecule has 0 aliphatic heterocycles. The van der Waals surface area contributed by atoms with Gasteiger partial charge in [-0.1, -0.05) is 30.3 Å². The summed E-state index contributed by atoms with van der Waals surface area (Å²) in [4.78, 5) is 23.5. The third kappa shape index (κ3) is 5.37. The molecule has 0 saturated heterocycles. The van der Waals surface area contributed by atoms with Gasteiger partial charge in [0.25, 0.3) is 11.6 Å². The third-order valence-electron chi connectivity index (χ3n) is 5.38. The van der Waals surface area contributed by atoms with Gasteiger partial charge in [-0.05, 0) is 48.9 Å². The molecule has 1 heterocycles. The lowest BCUT2D eigenvalue weighted by atomic mass is 10.1. The number of nitro benzene ring substituents is 1. The minimum atomic E-state index is -0.521. The third-order valence-corrected chi connectivity index (χ3v) is 5.38. The van der Waals surface area contributed by atoms with E-state index in [4.69, 9.17) is 4.74 Å². The number of fused-ring (bicyclic) bond motifs is 1. The van der Waals surface area contributed by atoms with E-state index in [-0.39, 0.29) is 11.3 Å². The number of carbonyl (C=O) groups excluding carboxylic acids is 1. The van der Waals surface area contributed by atoms with Gasteiger partial charge >= 0.3 is 0 Å². The zero-order chi connectivity index (χ0) is 24.8. The highest BCUT2D eigenvalue weighted by atomic mass is 16.6. The van der Waals surface area contributed by atoms with Crippen LogP contribution in [0.5, 0.6) is 5.75 Å². The van der Waals surface area contributed by atoms with Gasteiger partial charge in [0.05, 0.1) is 11.5 Å². The summed E-state index contributed by atoms with van der Waals surface area (Å²) in [6.45, 7) is 2.83. The van der Waals surface area contributed by atoms with Crippen LogP contribution in [0, 0.1) is 21.4 Å². The van der Waals surface area contributed by atoms with Gasteiger partial charge in [-0.15, -0.1) is 0 Å². The molecule has 3 aromatic carbocycles. The van der Waals surface area contributed by atoms with E-state index in [1.54, 1.807) is 36.4 Å². The molecular formula is C27H22N4O4. The Balaban J connectivity index is 1.62. The highest BCUT2D eigenvalue weighted by Crippen LogP contribution is 2.26. The van der Waals surface area contributed by atoms with E-state index in [0.717, 1.165) is 16.5 Å². The van der Waals surface area contributed by atoms with Gasteiger partial charge in [0, 0.05) is 47.0 Å². The van der Waals surface area contributed by atoms with Gasteiger partial charge in [-0.3, -0.25) is 14.9 Å². The van der Waals surface area contributed by atoms with Crippen LogP contribution in [0.2, 0.25) is 0 Å². The quantitative estimate of drug-likeness (QED) is 0.159. The minimum absolute atomic E-state index is 0.0248. The lowest BCUT2D eigenvalue weighted by Gasteiger charge is -2.06. The first-order valence-electron chi connectivity index (χ1n) is 11.0. The number of anilines is 1. The number of nitrogens with zero attached hydrogens (tertiary/aromatic N) is 3. The first kappa shape index (κ1) is 23.3. The number of non-ortho nitro benzene ring substituents is 1. The highest BCUT2D eigenvalue weighted by molar-refractivity contribution is 6.10. The molecule has 0 bridgehead atoms. The number of nitro groups is 1. The number of nitrogens with one attached hydrogen (secondary N) is 1. The smallest absolute Gasteiger partial charge is 0.269 e. The van der Waals surface area contributed by atoms with Crippen molar-refractivity contribution in [2.45, 2.75) is 13.5 Å². The van der Waals surface area contributed by atoms with Crippen LogP contribution in [0.3, 0.4) is 0 Å². The van der Waals surface area contributed by atoms with Crippen LogP contribution in [0.4, 0.5) is 11.4 Å². The number of hydrogen-bond acceptors (Lipinski definition) is 5. The Kier molecular flexibility index (Phi) is 6.88. The average Bonchev–Trinajstić information content (AvgIpc) is 3.21. The van der Waals surface area contributed by atoms with E-state index >= 15 is 0 Å². The number of nitriles is 1. The zero-order valence-corrected chi connectivity index (χ0v) is 19.0. The molecule has 0 unspecified atom stereocenters. The maximum atomic E-state index is 12.8. The number of benzene rings is 3. The fraction of sp³-hybridized carbons (Fsp3) is 0.111. The van der Waals surface area contributed by atoms with Gasteiger partial charge in [0.1, 0.15) is 17.4 Å². The van der Waals surface area contributed by atoms with E-state index in [0.29, 0.717) is 30.2 Å². The van der Waals surface area contributed by atoms with Crippen LogP contribution < -0.4 is 10.1 Å². The molecule has 0 spiro atoms. The van der Waals surface area contributed by atoms with Gasteiger partial charge in [0.2, 0.25) is 0 Å². The van der Waals surface area contributed by atoms with Gasteiger partial charge in [-0.25, -0.2) is 0 Å². The minimum Gasteiger partial charge on any atom is -0.494 e. The van der Waals surface area contributed by atoms with Crippen LogP contribution in [0.25, 0.3) is 17.0 Å². The second-order valence-corrected chi connectivity index (χ2v) is 7.74. The molecule has 8 nitrogen and oxygen atoms in total. The van der Waals surface area contributed by atoms with Gasteiger partial charge in [-0.2, -0.15) is 5.26 Å². The normalized spacial score (nSPS) is 11.1. The Bertz CT molecular complexity index is 1460. The molecule has 4 aromatic rings. The standard InChI is InChI=1S/C27H22N4O4/c1-2-35-24-12-10-22(11-13-24)29-27(32)20(16-28)15-21-18-30(26-9-4-3-8-25(21)26)17-19-6-5-7-23(14-19)31(33)34/h3-15,18H,2,17H2,1H3,(H,29,32)/b20-15-. The number of carbonyl (C=O) groups is 1. The topological polar surface area (TPSA) is 110 Å². The number of ether oxygens (including phenoxy) is 1. The molecule has 4 rings (SSSR count). The molecule has 0 fully saturated rings. The summed E-state index contributed by atoms with van der Waals surface area (Å²) in [6, 6.07) is 23.0. The molecule has 174 valence electrons. The van der Waals surface area contributed by atoms with Crippen LogP contribution in [-0.2, 0) is 11.3 Å². The van der Waals surface area contributed by atoms with Crippen molar-refractivity contribution in [3.05, 3.63) is 106 Å². The van der Waals surface area contributed by atoms with Crippen molar-refractivity contribution in [2.75, 3.05) is 11.9 Å². The zero-order valence-electron chi connectivity index (χ0n) is 19.0. The molecule has 1 aromatic heterocycles. The van der Waals surface area contributed by atoms with Gasteiger partial charge in [0.15, 0.2) is 0 Å². The van der Waals surface area contributed by atoms with Crippen LogP contribution in [-0.4, -0.2) is 22.0 Å². The van der Waals surface area contributed by atoms with E-state index in [2.05, 4.69) is 5.32 Å². The predicted molar refractivity (Wildman–Crippen MR) is 134 cm³/mol. The molecule has 1 amide bonds. The second-order valence-electron chi connectivity index (χ2n) is 7.74. The second kappa shape index (κ2) is 10.4. The fourth-order valence-corrected chi connectivity index (χ4v) is 3.79. The summed E-state index contributed by atoms with van der Waals surface area (Å²) in [5.41, 5.74) is 2.88. The Morgan fingerprint density at radius 1 is 1.14 bits per heavy atom. The molecule has 0 aliphatic carbocycles. The molecule has 0 aliphatic rings. The number of para-hydroxylation sites is 1. The number of rotatable bonds is 8. The summed E-state index contributed by atoms with van der Waals surface area (Å²) in [6.07, 6.45) is 3.39. The predicted octanol–water partition coefficient (Wildman–Crippen LogP) is 5.54. The largest absolute Gasteiger partial charge is 0.494 e. The summed E-state index contributed by atoms with van der Waals surface area (Å²) < 4.78 is 7.35. The molecule has 0 saturated carbocycles. The fourth-order valence-electron chi connectivity index (χ4n) is 3.79. The van der Waals surface area contributed by atoms with Crippen molar-refractivity contribution >= 4 is 34.3 Å². The molecule has 8 heteroatoms. The Labute approximate surface area is 201 Å². The van der Waals surface area contributed by atoms with Crippen LogP contribution >= 0.6 is 0 Å². The van der Waals surface area contributed by atoms with Crippen molar-refractivity contribution in [3.8, 4) is 11.8 Å². The molecule has 0 atom stereocenters. The maximum Gasteiger partial charge on any atom is 0.269 e. The summed E-state index contributed by atoms with van der Waals surface area (Å²) >= 11 is 0. The van der Waals surface area contributed by atoms with Crippen molar-refractivity contribution in [3.63, 3.8) is 0 Å². The van der Waals surface area contributed by atoms with Crippen molar-refractivity contribution in [1.82, 2.24) is 4.57 Å². The Morgan fingerprint density at radius 2 is 1.91 bits per heavy atom. The first-order chi connectivity index (χ1) is 17.0. The van der Waals surface area contributed by atoms with Crippen molar-refractivity contribution < 1.29 is 14.5 Å². The van der Waals surface area contributed by atoms with E-state index in [1.165, 1.54) is 12.1 Å². The first-order valence-corrected chi connectivity index (χ1v) is 11.0. The maximum absolute atomic E-state index is 12.8. The Hall–Kier alpha value is -4.90. The van der Waals surface area contributed by atoms with E-state index < -0.39 is 10.8 Å². The van der Waals surface area contributed by atoms with Crippen LogP contribution in [0.1, 0.15) is 18.1 Å². The summed E-state index contributed by atoms with van der Waals surface area (Å²) in [7, 11) is 0. The molecule has 1 N–H and O–H groups in total. The summed E-state index contributed by atoms with van der Waals surface area (Å²) in [5.74, 6) is 0.172. The van der Waals surface area contributed by atoms with E-state index in [9.17, 15) is 20.2 Å². The average molecular weight is 466 g/mol. The highest BCUT2D eigenvalue weighted by Gasteiger charge is 2.14. The number of amides is 1.